The van der Waals surface area contributed by atoms with Gasteiger partial charge in [0.15, 0.2) is 0 Å². The molecule has 0 bridgehead atoms. The van der Waals surface area contributed by atoms with Gasteiger partial charge >= 0.3 is 0 Å². The summed E-state index contributed by atoms with van der Waals surface area (Å²) in [5.41, 5.74) is 1.18. The minimum Gasteiger partial charge on any atom is -0.305 e. The second kappa shape index (κ2) is 6.59. The average molecular weight is 370 g/mol. The number of aryl methyl sites for hydroxylation is 1. The van der Waals surface area contributed by atoms with Crippen LogP contribution in [0.25, 0.3) is 0 Å². The lowest BCUT2D eigenvalue weighted by Gasteiger charge is -2.32. The molecule has 1 aromatic carbocycles. The van der Waals surface area contributed by atoms with Crippen molar-refractivity contribution in [3.63, 3.8) is 0 Å². The van der Waals surface area contributed by atoms with E-state index < -0.39 is 0 Å². The van der Waals surface area contributed by atoms with E-state index in [4.69, 9.17) is 0 Å². The van der Waals surface area contributed by atoms with E-state index in [-0.39, 0.29) is 17.3 Å². The van der Waals surface area contributed by atoms with Gasteiger partial charge in [-0.05, 0) is 52.0 Å². The minimum absolute atomic E-state index is 0.0569. The van der Waals surface area contributed by atoms with Gasteiger partial charge in [-0.15, -0.1) is 11.3 Å². The molecule has 2 rings (SSSR count). The van der Waals surface area contributed by atoms with Crippen LogP contribution in [0.2, 0.25) is 0 Å². The van der Waals surface area contributed by atoms with E-state index in [1.165, 1.54) is 26.4 Å². The van der Waals surface area contributed by atoms with Gasteiger partial charge in [0.25, 0.3) is 0 Å². The Kier molecular flexibility index (Phi) is 5.23. The Morgan fingerprint density at radius 2 is 1.86 bits per heavy atom. The smallest absolute Gasteiger partial charge is 0.123 e. The quantitative estimate of drug-likeness (QED) is 0.713. The number of hydrogen-bond acceptors (Lipinski definition) is 2. The van der Waals surface area contributed by atoms with Crippen LogP contribution in [0.3, 0.4) is 0 Å². The molecule has 0 fully saturated rings. The fourth-order valence-corrected chi connectivity index (χ4v) is 3.94. The highest BCUT2D eigenvalue weighted by atomic mass is 79.9. The van der Waals surface area contributed by atoms with Gasteiger partial charge in [0.05, 0.1) is 0 Å². The van der Waals surface area contributed by atoms with Gasteiger partial charge in [-0.3, -0.25) is 0 Å². The molecule has 114 valence electrons. The Labute approximate surface area is 138 Å². The lowest BCUT2D eigenvalue weighted by atomic mass is 9.82. The molecule has 0 saturated carbocycles. The molecule has 0 aliphatic rings. The predicted octanol–water partition coefficient (Wildman–Crippen LogP) is 5.84. The summed E-state index contributed by atoms with van der Waals surface area (Å²) in [4.78, 5) is 2.59. The number of rotatable bonds is 4. The molecule has 1 N–H and O–H groups in total. The lowest BCUT2D eigenvalue weighted by Crippen LogP contribution is -2.31. The Hall–Kier alpha value is -0.710. The third-order valence-electron chi connectivity index (χ3n) is 3.46. The maximum absolute atomic E-state index is 13.1. The maximum Gasteiger partial charge on any atom is 0.123 e. The summed E-state index contributed by atoms with van der Waals surface area (Å²) >= 11 is 5.35. The monoisotopic (exact) mass is 369 g/mol. The van der Waals surface area contributed by atoms with Crippen LogP contribution in [0.15, 0.2) is 34.8 Å². The number of halogens is 2. The molecule has 0 aliphatic carbocycles. The third-order valence-corrected chi connectivity index (χ3v) is 5.59. The van der Waals surface area contributed by atoms with Crippen molar-refractivity contribution in [3.05, 3.63) is 55.9 Å². The van der Waals surface area contributed by atoms with Crippen LogP contribution in [-0.2, 0) is 6.54 Å². The van der Waals surface area contributed by atoms with Crippen molar-refractivity contribution in [2.75, 3.05) is 0 Å². The molecule has 4 heteroatoms. The van der Waals surface area contributed by atoms with E-state index >= 15 is 0 Å². The molecule has 1 unspecified atom stereocenters. The fraction of sp³-hybridized carbons (Fsp3) is 0.412. The molecule has 21 heavy (non-hydrogen) atoms. The molecule has 0 spiro atoms. The SMILES string of the molecule is Cc1sc(CNC(c2ccc(F)cc2)C(C)(C)C)cc1Br. The van der Waals surface area contributed by atoms with E-state index in [2.05, 4.69) is 55.0 Å². The molecule has 0 radical (unpaired) electrons. The van der Waals surface area contributed by atoms with E-state index in [1.807, 2.05) is 12.1 Å². The van der Waals surface area contributed by atoms with Crippen LogP contribution < -0.4 is 5.32 Å². The standard InChI is InChI=1S/C17H21BrFNS/c1-11-15(18)9-14(21-11)10-20-16(17(2,3)4)12-5-7-13(19)8-6-12/h5-9,16,20H,10H2,1-4H3. The highest BCUT2D eigenvalue weighted by Gasteiger charge is 2.26. The zero-order valence-corrected chi connectivity index (χ0v) is 15.2. The third kappa shape index (κ3) is 4.38. The molecule has 2 aromatic rings. The average Bonchev–Trinajstić information content (AvgIpc) is 2.69. The zero-order chi connectivity index (χ0) is 15.6. The van der Waals surface area contributed by atoms with Crippen molar-refractivity contribution in [3.8, 4) is 0 Å². The Morgan fingerprint density at radius 3 is 2.33 bits per heavy atom. The van der Waals surface area contributed by atoms with Gasteiger partial charge in [-0.2, -0.15) is 0 Å². The van der Waals surface area contributed by atoms with E-state index in [0.717, 1.165) is 12.1 Å². The molecular formula is C17H21BrFNS. The molecule has 0 amide bonds. The van der Waals surface area contributed by atoms with Crippen molar-refractivity contribution in [1.29, 1.82) is 0 Å². The summed E-state index contributed by atoms with van der Waals surface area (Å²) in [7, 11) is 0. The van der Waals surface area contributed by atoms with Crippen molar-refractivity contribution in [1.82, 2.24) is 5.32 Å². The second-order valence-electron chi connectivity index (χ2n) is 6.35. The van der Waals surface area contributed by atoms with E-state index in [9.17, 15) is 4.39 Å². The summed E-state index contributed by atoms with van der Waals surface area (Å²) in [5.74, 6) is -0.191. The van der Waals surface area contributed by atoms with E-state index in [0.29, 0.717) is 0 Å². The van der Waals surface area contributed by atoms with Crippen LogP contribution in [0.5, 0.6) is 0 Å². The highest BCUT2D eigenvalue weighted by molar-refractivity contribution is 9.10. The number of benzene rings is 1. The topological polar surface area (TPSA) is 12.0 Å². The molecule has 0 aliphatic heterocycles. The minimum atomic E-state index is -0.191. The van der Waals surface area contributed by atoms with Gasteiger partial charge < -0.3 is 5.32 Å². The predicted molar refractivity (Wildman–Crippen MR) is 92.2 cm³/mol. The number of thiophene rings is 1. The van der Waals surface area contributed by atoms with Gasteiger partial charge in [-0.25, -0.2) is 4.39 Å². The first-order valence-electron chi connectivity index (χ1n) is 7.01. The van der Waals surface area contributed by atoms with Crippen LogP contribution in [-0.4, -0.2) is 0 Å². The van der Waals surface area contributed by atoms with Crippen LogP contribution in [0.1, 0.15) is 42.1 Å². The number of hydrogen-bond donors (Lipinski definition) is 1. The van der Waals surface area contributed by atoms with E-state index in [1.54, 1.807) is 11.3 Å². The number of nitrogens with one attached hydrogen (secondary N) is 1. The fourth-order valence-electron chi connectivity index (χ4n) is 2.39. The lowest BCUT2D eigenvalue weighted by molar-refractivity contribution is 0.271. The molecule has 1 nitrogen and oxygen atoms in total. The molecule has 1 aromatic heterocycles. The van der Waals surface area contributed by atoms with Crippen LogP contribution >= 0.6 is 27.3 Å². The largest absolute Gasteiger partial charge is 0.305 e. The maximum atomic E-state index is 13.1. The summed E-state index contributed by atoms with van der Waals surface area (Å²) in [6.07, 6.45) is 0. The summed E-state index contributed by atoms with van der Waals surface area (Å²) < 4.78 is 14.3. The van der Waals surface area contributed by atoms with Gasteiger partial charge in [0.1, 0.15) is 5.82 Å². The first kappa shape index (κ1) is 16.7. The first-order chi connectivity index (χ1) is 9.77. The van der Waals surface area contributed by atoms with Crippen LogP contribution in [0.4, 0.5) is 4.39 Å². The Balaban J connectivity index is 2.15. The van der Waals surface area contributed by atoms with Gasteiger partial charge in [0.2, 0.25) is 0 Å². The summed E-state index contributed by atoms with van der Waals surface area (Å²) in [5, 5.41) is 3.62. The zero-order valence-electron chi connectivity index (χ0n) is 12.8. The molecule has 0 saturated heterocycles. The van der Waals surface area contributed by atoms with Crippen LogP contribution in [0, 0.1) is 18.2 Å². The van der Waals surface area contributed by atoms with Crippen molar-refractivity contribution >= 4 is 27.3 Å². The Morgan fingerprint density at radius 1 is 1.24 bits per heavy atom. The normalized spacial score (nSPS) is 13.4. The van der Waals surface area contributed by atoms with Crippen molar-refractivity contribution < 1.29 is 4.39 Å². The molecule has 1 heterocycles. The second-order valence-corrected chi connectivity index (χ2v) is 8.54. The van der Waals surface area contributed by atoms with Gasteiger partial charge in [0, 0.05) is 26.8 Å². The van der Waals surface area contributed by atoms with Crippen molar-refractivity contribution in [2.24, 2.45) is 5.41 Å². The molecule has 1 atom stereocenters. The van der Waals surface area contributed by atoms with Gasteiger partial charge in [-0.1, -0.05) is 32.9 Å². The highest BCUT2D eigenvalue weighted by Crippen LogP contribution is 2.34. The molecular weight excluding hydrogens is 349 g/mol. The first-order valence-corrected chi connectivity index (χ1v) is 8.62. The van der Waals surface area contributed by atoms with Crippen molar-refractivity contribution in [2.45, 2.75) is 40.3 Å². The Bertz CT molecular complexity index is 579. The summed E-state index contributed by atoms with van der Waals surface area (Å²) in [6.45, 7) is 9.52. The summed E-state index contributed by atoms with van der Waals surface area (Å²) in [6, 6.07) is 9.14.